The number of ether oxygens (including phenoxy) is 2. The van der Waals surface area contributed by atoms with Crippen LogP contribution in [0.3, 0.4) is 0 Å². The van der Waals surface area contributed by atoms with E-state index in [1.807, 2.05) is 60.1 Å². The minimum absolute atomic E-state index is 0.161. The second-order valence-electron chi connectivity index (χ2n) is 7.51. The number of carbonyl (C=O) groups excluding carboxylic acids is 2. The van der Waals surface area contributed by atoms with E-state index in [2.05, 4.69) is 6.58 Å². The number of hydrogen-bond donors (Lipinski definition) is 0. The summed E-state index contributed by atoms with van der Waals surface area (Å²) in [6.45, 7) is 4.20. The Morgan fingerprint density at radius 2 is 1.67 bits per heavy atom. The van der Waals surface area contributed by atoms with Gasteiger partial charge in [-0.3, -0.25) is 9.59 Å². The molecule has 0 bridgehead atoms. The van der Waals surface area contributed by atoms with E-state index in [4.69, 9.17) is 21.1 Å². The summed E-state index contributed by atoms with van der Waals surface area (Å²) in [6, 6.07) is 15.5. The van der Waals surface area contributed by atoms with Crippen LogP contribution in [-0.2, 0) is 26.1 Å². The van der Waals surface area contributed by atoms with Gasteiger partial charge in [-0.05, 0) is 41.3 Å². The largest absolute Gasteiger partial charge is 0.468 e. The number of hydrogen-bond acceptors (Lipinski definition) is 4. The fourth-order valence-electron chi connectivity index (χ4n) is 4.70. The van der Waals surface area contributed by atoms with Gasteiger partial charge in [0, 0.05) is 34.6 Å². The zero-order valence-corrected chi connectivity index (χ0v) is 17.8. The van der Waals surface area contributed by atoms with Crippen LogP contribution in [-0.4, -0.2) is 30.7 Å². The zero-order chi connectivity index (χ0) is 21.6. The molecular formula is C24H22ClNO4. The quantitative estimate of drug-likeness (QED) is 0.452. The van der Waals surface area contributed by atoms with Crippen LogP contribution in [0.2, 0.25) is 5.02 Å². The molecule has 5 nitrogen and oxygen atoms in total. The summed E-state index contributed by atoms with van der Waals surface area (Å²) >= 11 is 6.11. The van der Waals surface area contributed by atoms with Crippen LogP contribution in [0.5, 0.6) is 0 Å². The van der Waals surface area contributed by atoms with Crippen molar-refractivity contribution in [2.45, 2.75) is 12.3 Å². The first kappa shape index (κ1) is 20.2. The summed E-state index contributed by atoms with van der Waals surface area (Å²) < 4.78 is 12.2. The van der Waals surface area contributed by atoms with E-state index in [9.17, 15) is 9.59 Å². The molecule has 154 valence electrons. The van der Waals surface area contributed by atoms with Gasteiger partial charge >= 0.3 is 11.9 Å². The van der Waals surface area contributed by atoms with E-state index < -0.39 is 17.4 Å². The average molecular weight is 424 g/mol. The van der Waals surface area contributed by atoms with E-state index in [0.29, 0.717) is 10.6 Å². The molecular weight excluding hydrogens is 402 g/mol. The standard InChI is InChI=1S/C24H22ClNO4/c1-14-21-20(17-7-5-6-8-19(17)26(21)2)18(15-9-11-16(25)12-10-15)13-24(14,22(27)29-3)23(28)30-4/h5-12,18H,1,13H2,2-4H3. The highest BCUT2D eigenvalue weighted by Crippen LogP contribution is 2.55. The van der Waals surface area contributed by atoms with Gasteiger partial charge in [0.2, 0.25) is 0 Å². The summed E-state index contributed by atoms with van der Waals surface area (Å²) in [5, 5.41) is 1.67. The Balaban J connectivity index is 2.09. The maximum atomic E-state index is 13.1. The predicted octanol–water partition coefficient (Wildman–Crippen LogP) is 4.71. The average Bonchev–Trinajstić information content (AvgIpc) is 3.07. The molecule has 0 radical (unpaired) electrons. The molecule has 1 atom stereocenters. The number of methoxy groups -OCH3 is 2. The normalized spacial score (nSPS) is 17.5. The van der Waals surface area contributed by atoms with Crippen molar-refractivity contribution in [2.24, 2.45) is 12.5 Å². The molecule has 0 spiro atoms. The van der Waals surface area contributed by atoms with E-state index in [1.165, 1.54) is 14.2 Å². The summed E-state index contributed by atoms with van der Waals surface area (Å²) in [5.41, 5.74) is 2.47. The van der Waals surface area contributed by atoms with Crippen LogP contribution in [0.4, 0.5) is 0 Å². The SMILES string of the molecule is C=C1c2c(c3ccccc3n2C)C(c2ccc(Cl)cc2)CC1(C(=O)OC)C(=O)OC. The van der Waals surface area contributed by atoms with Crippen molar-refractivity contribution in [3.63, 3.8) is 0 Å². The maximum Gasteiger partial charge on any atom is 0.327 e. The predicted molar refractivity (Wildman–Crippen MR) is 116 cm³/mol. The fourth-order valence-corrected chi connectivity index (χ4v) is 4.82. The second kappa shape index (κ2) is 7.33. The van der Waals surface area contributed by atoms with Gasteiger partial charge in [-0.15, -0.1) is 0 Å². The first-order chi connectivity index (χ1) is 14.4. The summed E-state index contributed by atoms with van der Waals surface area (Å²) in [6.07, 6.45) is 0.161. The van der Waals surface area contributed by atoms with Crippen molar-refractivity contribution in [2.75, 3.05) is 14.2 Å². The number of fused-ring (bicyclic) bond motifs is 3. The molecule has 30 heavy (non-hydrogen) atoms. The number of benzene rings is 2. The number of nitrogens with zero attached hydrogens (tertiary/aromatic N) is 1. The molecule has 4 rings (SSSR count). The Morgan fingerprint density at radius 3 is 2.27 bits per heavy atom. The molecule has 0 saturated heterocycles. The minimum Gasteiger partial charge on any atom is -0.468 e. The Hall–Kier alpha value is -3.05. The molecule has 1 aliphatic carbocycles. The summed E-state index contributed by atoms with van der Waals surface area (Å²) in [4.78, 5) is 26.1. The number of para-hydroxylation sites is 1. The van der Waals surface area contributed by atoms with Gasteiger partial charge < -0.3 is 14.0 Å². The van der Waals surface area contributed by atoms with Gasteiger partial charge in [0.25, 0.3) is 0 Å². The second-order valence-corrected chi connectivity index (χ2v) is 7.95. The van der Waals surface area contributed by atoms with Crippen molar-refractivity contribution in [1.29, 1.82) is 0 Å². The smallest absolute Gasteiger partial charge is 0.327 e. The molecule has 3 aromatic rings. The molecule has 6 heteroatoms. The number of aryl methyl sites for hydroxylation is 1. The van der Waals surface area contributed by atoms with Gasteiger partial charge in [0.05, 0.1) is 14.2 Å². The van der Waals surface area contributed by atoms with Gasteiger partial charge in [-0.1, -0.05) is 48.5 Å². The number of rotatable bonds is 3. The third-order valence-electron chi connectivity index (χ3n) is 6.15. The van der Waals surface area contributed by atoms with Crippen LogP contribution in [0.1, 0.15) is 29.2 Å². The summed E-state index contributed by atoms with van der Waals surface area (Å²) in [5.74, 6) is -1.60. The van der Waals surface area contributed by atoms with Gasteiger partial charge in [0.1, 0.15) is 0 Å². The molecule has 1 aromatic heterocycles. The van der Waals surface area contributed by atoms with Gasteiger partial charge in [-0.25, -0.2) is 0 Å². The van der Waals surface area contributed by atoms with Crippen molar-refractivity contribution in [3.8, 4) is 0 Å². The van der Waals surface area contributed by atoms with Crippen molar-refractivity contribution in [1.82, 2.24) is 4.57 Å². The monoisotopic (exact) mass is 423 g/mol. The minimum atomic E-state index is -1.64. The van der Waals surface area contributed by atoms with Crippen molar-refractivity contribution in [3.05, 3.63) is 77.0 Å². The third kappa shape index (κ3) is 2.69. The Labute approximate surface area is 179 Å². The number of halogens is 1. The van der Waals surface area contributed by atoms with Crippen LogP contribution in [0, 0.1) is 5.41 Å². The molecule has 1 unspecified atom stereocenters. The lowest BCUT2D eigenvalue weighted by Crippen LogP contribution is -2.46. The van der Waals surface area contributed by atoms with Crippen LogP contribution in [0.15, 0.2) is 55.1 Å². The van der Waals surface area contributed by atoms with E-state index in [-0.39, 0.29) is 12.3 Å². The Kier molecular flexibility index (Phi) is 4.94. The first-order valence-corrected chi connectivity index (χ1v) is 9.94. The van der Waals surface area contributed by atoms with Gasteiger partial charge in [0.15, 0.2) is 5.41 Å². The zero-order valence-electron chi connectivity index (χ0n) is 17.1. The van der Waals surface area contributed by atoms with Crippen LogP contribution in [0.25, 0.3) is 16.5 Å². The number of esters is 2. The lowest BCUT2D eigenvalue weighted by Gasteiger charge is -2.39. The molecule has 0 fully saturated rings. The lowest BCUT2D eigenvalue weighted by molar-refractivity contribution is -0.165. The fraction of sp³-hybridized carbons (Fsp3) is 0.250. The highest BCUT2D eigenvalue weighted by molar-refractivity contribution is 6.30. The van der Waals surface area contributed by atoms with Crippen LogP contribution >= 0.6 is 11.6 Å². The lowest BCUT2D eigenvalue weighted by atomic mass is 9.64. The number of aromatic nitrogens is 1. The first-order valence-electron chi connectivity index (χ1n) is 9.56. The molecule has 1 aliphatic rings. The third-order valence-corrected chi connectivity index (χ3v) is 6.40. The molecule has 0 saturated carbocycles. The topological polar surface area (TPSA) is 57.5 Å². The van der Waals surface area contributed by atoms with E-state index in [0.717, 1.165) is 27.7 Å². The van der Waals surface area contributed by atoms with Crippen molar-refractivity contribution >= 4 is 40.0 Å². The highest BCUT2D eigenvalue weighted by atomic mass is 35.5. The maximum absolute atomic E-state index is 13.1. The van der Waals surface area contributed by atoms with E-state index >= 15 is 0 Å². The highest BCUT2D eigenvalue weighted by Gasteiger charge is 2.57. The Morgan fingerprint density at radius 1 is 1.07 bits per heavy atom. The number of carbonyl (C=O) groups is 2. The molecule has 2 aromatic carbocycles. The molecule has 1 heterocycles. The van der Waals surface area contributed by atoms with Crippen LogP contribution < -0.4 is 0 Å². The van der Waals surface area contributed by atoms with Crippen molar-refractivity contribution < 1.29 is 19.1 Å². The molecule has 0 amide bonds. The van der Waals surface area contributed by atoms with Gasteiger partial charge in [-0.2, -0.15) is 0 Å². The Bertz CT molecular complexity index is 1160. The van der Waals surface area contributed by atoms with E-state index in [1.54, 1.807) is 0 Å². The molecule has 0 N–H and O–H groups in total. The molecule has 0 aliphatic heterocycles. The summed E-state index contributed by atoms with van der Waals surface area (Å²) in [7, 11) is 4.46.